The molecular formula is C12H17N. The maximum atomic E-state index is 5.79. The van der Waals surface area contributed by atoms with Crippen LogP contribution in [-0.2, 0) is 6.42 Å². The summed E-state index contributed by atoms with van der Waals surface area (Å²) in [4.78, 5) is 0. The molecule has 0 saturated carbocycles. The molecule has 1 aromatic rings. The van der Waals surface area contributed by atoms with Gasteiger partial charge in [0.15, 0.2) is 0 Å². The van der Waals surface area contributed by atoms with Crippen molar-refractivity contribution in [2.24, 2.45) is 5.73 Å². The van der Waals surface area contributed by atoms with E-state index in [1.807, 2.05) is 13.0 Å². The Morgan fingerprint density at radius 3 is 2.69 bits per heavy atom. The van der Waals surface area contributed by atoms with Crippen LogP contribution in [0.5, 0.6) is 0 Å². The molecule has 13 heavy (non-hydrogen) atoms. The fourth-order valence-corrected chi connectivity index (χ4v) is 1.31. The molecular weight excluding hydrogens is 158 g/mol. The third-order valence-corrected chi connectivity index (χ3v) is 2.27. The SMILES string of the molecule is CC=C(N)Cc1cc(C)ccc1C. The van der Waals surface area contributed by atoms with Gasteiger partial charge in [0.25, 0.3) is 0 Å². The van der Waals surface area contributed by atoms with Crippen molar-refractivity contribution in [1.82, 2.24) is 0 Å². The van der Waals surface area contributed by atoms with Crippen LogP contribution in [0.25, 0.3) is 0 Å². The van der Waals surface area contributed by atoms with E-state index in [-0.39, 0.29) is 0 Å². The van der Waals surface area contributed by atoms with Gasteiger partial charge in [-0.2, -0.15) is 0 Å². The van der Waals surface area contributed by atoms with Crippen molar-refractivity contribution in [2.45, 2.75) is 27.2 Å². The third kappa shape index (κ3) is 2.62. The molecule has 0 radical (unpaired) electrons. The first kappa shape index (κ1) is 9.85. The largest absolute Gasteiger partial charge is 0.402 e. The van der Waals surface area contributed by atoms with Gasteiger partial charge in [-0.1, -0.05) is 29.8 Å². The van der Waals surface area contributed by atoms with Crippen LogP contribution < -0.4 is 5.73 Å². The van der Waals surface area contributed by atoms with Crippen molar-refractivity contribution in [1.29, 1.82) is 0 Å². The van der Waals surface area contributed by atoms with Gasteiger partial charge in [0.05, 0.1) is 0 Å². The molecule has 0 saturated heterocycles. The normalized spacial score (nSPS) is 11.8. The first-order chi connectivity index (χ1) is 6.13. The van der Waals surface area contributed by atoms with Crippen LogP contribution in [0.4, 0.5) is 0 Å². The molecule has 0 heterocycles. The summed E-state index contributed by atoms with van der Waals surface area (Å²) >= 11 is 0. The summed E-state index contributed by atoms with van der Waals surface area (Å²) in [6.45, 7) is 6.20. The fraction of sp³-hybridized carbons (Fsp3) is 0.333. The molecule has 0 unspecified atom stereocenters. The van der Waals surface area contributed by atoms with Crippen LogP contribution >= 0.6 is 0 Å². The van der Waals surface area contributed by atoms with Gasteiger partial charge in [0.2, 0.25) is 0 Å². The van der Waals surface area contributed by atoms with Crippen LogP contribution in [-0.4, -0.2) is 0 Å². The highest BCUT2D eigenvalue weighted by molar-refractivity contribution is 5.33. The van der Waals surface area contributed by atoms with Crippen LogP contribution in [0.1, 0.15) is 23.6 Å². The number of benzene rings is 1. The van der Waals surface area contributed by atoms with E-state index >= 15 is 0 Å². The second-order valence-corrected chi connectivity index (χ2v) is 3.47. The number of aryl methyl sites for hydroxylation is 2. The molecule has 1 aromatic carbocycles. The monoisotopic (exact) mass is 175 g/mol. The molecule has 70 valence electrons. The molecule has 2 N–H and O–H groups in total. The van der Waals surface area contributed by atoms with Crippen LogP contribution in [0.2, 0.25) is 0 Å². The summed E-state index contributed by atoms with van der Waals surface area (Å²) in [6, 6.07) is 6.48. The third-order valence-electron chi connectivity index (χ3n) is 2.27. The topological polar surface area (TPSA) is 26.0 Å². The maximum absolute atomic E-state index is 5.79. The molecule has 1 rings (SSSR count). The molecule has 0 aliphatic heterocycles. The molecule has 0 spiro atoms. The Morgan fingerprint density at radius 1 is 1.38 bits per heavy atom. The molecule has 0 amide bonds. The second-order valence-electron chi connectivity index (χ2n) is 3.47. The van der Waals surface area contributed by atoms with Crippen molar-refractivity contribution in [3.05, 3.63) is 46.7 Å². The number of rotatable bonds is 2. The number of allylic oxidation sites excluding steroid dienone is 2. The molecule has 1 nitrogen and oxygen atoms in total. The van der Waals surface area contributed by atoms with E-state index in [0.29, 0.717) is 0 Å². The van der Waals surface area contributed by atoms with E-state index in [2.05, 4.69) is 32.0 Å². The predicted octanol–water partition coefficient (Wildman–Crippen LogP) is 2.71. The van der Waals surface area contributed by atoms with Crippen molar-refractivity contribution < 1.29 is 0 Å². The average molecular weight is 175 g/mol. The lowest BCUT2D eigenvalue weighted by Gasteiger charge is -2.06. The lowest BCUT2D eigenvalue weighted by molar-refractivity contribution is 1.07. The van der Waals surface area contributed by atoms with Crippen molar-refractivity contribution in [2.75, 3.05) is 0 Å². The van der Waals surface area contributed by atoms with Crippen LogP contribution in [0.3, 0.4) is 0 Å². The summed E-state index contributed by atoms with van der Waals surface area (Å²) in [5.41, 5.74) is 10.7. The van der Waals surface area contributed by atoms with Gasteiger partial charge in [-0.15, -0.1) is 0 Å². The molecule has 0 aliphatic carbocycles. The van der Waals surface area contributed by atoms with E-state index in [0.717, 1.165) is 12.1 Å². The smallest absolute Gasteiger partial charge is 0.0120 e. The Morgan fingerprint density at radius 2 is 2.08 bits per heavy atom. The van der Waals surface area contributed by atoms with E-state index in [1.165, 1.54) is 16.7 Å². The number of hydrogen-bond donors (Lipinski definition) is 1. The Labute approximate surface area is 80.3 Å². The Hall–Kier alpha value is -1.24. The van der Waals surface area contributed by atoms with Gasteiger partial charge in [0.1, 0.15) is 0 Å². The molecule has 0 aliphatic rings. The molecule has 0 aromatic heterocycles. The van der Waals surface area contributed by atoms with E-state index < -0.39 is 0 Å². The quantitative estimate of drug-likeness (QED) is 0.734. The Kier molecular flexibility index (Phi) is 3.13. The average Bonchev–Trinajstić information content (AvgIpc) is 2.11. The first-order valence-corrected chi connectivity index (χ1v) is 4.60. The number of hydrogen-bond acceptors (Lipinski definition) is 1. The molecule has 0 atom stereocenters. The van der Waals surface area contributed by atoms with Crippen molar-refractivity contribution in [3.63, 3.8) is 0 Å². The zero-order valence-corrected chi connectivity index (χ0v) is 8.59. The van der Waals surface area contributed by atoms with E-state index in [1.54, 1.807) is 0 Å². The highest BCUT2D eigenvalue weighted by atomic mass is 14.6. The van der Waals surface area contributed by atoms with Gasteiger partial charge in [0, 0.05) is 12.1 Å². The lowest BCUT2D eigenvalue weighted by Crippen LogP contribution is -2.02. The summed E-state index contributed by atoms with van der Waals surface area (Å²) in [6.07, 6.45) is 2.83. The predicted molar refractivity (Wildman–Crippen MR) is 57.6 cm³/mol. The fourth-order valence-electron chi connectivity index (χ4n) is 1.31. The summed E-state index contributed by atoms with van der Waals surface area (Å²) in [5.74, 6) is 0. The van der Waals surface area contributed by atoms with Crippen molar-refractivity contribution in [3.8, 4) is 0 Å². The van der Waals surface area contributed by atoms with Gasteiger partial charge in [-0.3, -0.25) is 0 Å². The first-order valence-electron chi connectivity index (χ1n) is 4.60. The van der Waals surface area contributed by atoms with E-state index in [4.69, 9.17) is 5.73 Å². The lowest BCUT2D eigenvalue weighted by atomic mass is 10.0. The standard InChI is InChI=1S/C12H17N/c1-4-12(13)8-11-7-9(2)5-6-10(11)3/h4-7H,8,13H2,1-3H3. The Balaban J connectivity index is 2.94. The van der Waals surface area contributed by atoms with E-state index in [9.17, 15) is 0 Å². The highest BCUT2D eigenvalue weighted by Crippen LogP contribution is 2.13. The summed E-state index contributed by atoms with van der Waals surface area (Å²) in [7, 11) is 0. The zero-order valence-electron chi connectivity index (χ0n) is 8.59. The van der Waals surface area contributed by atoms with Gasteiger partial charge >= 0.3 is 0 Å². The molecule has 0 fully saturated rings. The van der Waals surface area contributed by atoms with Gasteiger partial charge in [-0.25, -0.2) is 0 Å². The highest BCUT2D eigenvalue weighted by Gasteiger charge is 1.99. The van der Waals surface area contributed by atoms with Crippen molar-refractivity contribution >= 4 is 0 Å². The maximum Gasteiger partial charge on any atom is 0.0120 e. The summed E-state index contributed by atoms with van der Waals surface area (Å²) < 4.78 is 0. The second kappa shape index (κ2) is 4.13. The minimum atomic E-state index is 0.865. The van der Waals surface area contributed by atoms with Gasteiger partial charge in [-0.05, 0) is 31.9 Å². The minimum absolute atomic E-state index is 0.865. The van der Waals surface area contributed by atoms with Gasteiger partial charge < -0.3 is 5.73 Å². The van der Waals surface area contributed by atoms with Crippen LogP contribution in [0.15, 0.2) is 30.0 Å². The molecule has 0 bridgehead atoms. The zero-order chi connectivity index (χ0) is 9.84. The Bertz CT molecular complexity index is 324. The van der Waals surface area contributed by atoms with Crippen LogP contribution in [0, 0.1) is 13.8 Å². The minimum Gasteiger partial charge on any atom is -0.402 e. The molecule has 1 heteroatoms. The number of nitrogens with two attached hydrogens (primary N) is 1. The summed E-state index contributed by atoms with van der Waals surface area (Å²) in [5, 5.41) is 0.